The summed E-state index contributed by atoms with van der Waals surface area (Å²) in [5.41, 5.74) is 1.95. The summed E-state index contributed by atoms with van der Waals surface area (Å²) in [6.07, 6.45) is 1.54. The molecule has 0 atom stereocenters. The Labute approximate surface area is 115 Å². The van der Waals surface area contributed by atoms with Gasteiger partial charge in [0.25, 0.3) is 5.91 Å². The molecule has 0 spiro atoms. The molecule has 18 heavy (non-hydrogen) atoms. The number of amides is 1. The van der Waals surface area contributed by atoms with Crippen LogP contribution in [0.25, 0.3) is 0 Å². The van der Waals surface area contributed by atoms with E-state index in [9.17, 15) is 4.79 Å². The van der Waals surface area contributed by atoms with Crippen LogP contribution in [0.4, 0.5) is 0 Å². The molecule has 94 valence electrons. The molecule has 0 aliphatic rings. The maximum atomic E-state index is 12.1. The van der Waals surface area contributed by atoms with E-state index in [0.717, 1.165) is 15.6 Å². The van der Waals surface area contributed by atoms with Crippen molar-refractivity contribution >= 4 is 21.8 Å². The molecule has 0 N–H and O–H groups in total. The van der Waals surface area contributed by atoms with Crippen LogP contribution in [0.2, 0.25) is 0 Å². The van der Waals surface area contributed by atoms with Crippen LogP contribution in [-0.2, 0) is 6.54 Å². The summed E-state index contributed by atoms with van der Waals surface area (Å²) in [5.74, 6) is 0.315. The molecule has 0 aliphatic heterocycles. The molecule has 0 aliphatic carbocycles. The Kier molecular flexibility index (Phi) is 3.87. The van der Waals surface area contributed by atoms with E-state index < -0.39 is 0 Å². The fraction of sp³-hybridized carbons (Fsp3) is 0.214. The normalized spacial score (nSPS) is 10.4. The summed E-state index contributed by atoms with van der Waals surface area (Å²) < 4.78 is 6.24. The minimum atomic E-state index is -0.0968. The number of nitrogens with zero attached hydrogens (tertiary/aromatic N) is 1. The van der Waals surface area contributed by atoms with Crippen molar-refractivity contribution in [3.05, 3.63) is 58.0 Å². The van der Waals surface area contributed by atoms with E-state index in [1.165, 1.54) is 6.26 Å². The standard InChI is InChI=1S/C14H14BrNO2/c1-10-7-8-18-13(10)14(17)16(2)9-11-3-5-12(15)6-4-11/h3-8H,9H2,1-2H3. The molecule has 0 radical (unpaired) electrons. The Morgan fingerprint density at radius 1 is 1.28 bits per heavy atom. The number of rotatable bonds is 3. The summed E-state index contributed by atoms with van der Waals surface area (Å²) in [7, 11) is 1.77. The first-order valence-electron chi connectivity index (χ1n) is 5.62. The van der Waals surface area contributed by atoms with Gasteiger partial charge < -0.3 is 9.32 Å². The molecule has 1 aromatic heterocycles. The van der Waals surface area contributed by atoms with E-state index in [2.05, 4.69) is 15.9 Å². The van der Waals surface area contributed by atoms with Crippen LogP contribution in [0.1, 0.15) is 21.7 Å². The van der Waals surface area contributed by atoms with Gasteiger partial charge in [-0.15, -0.1) is 0 Å². The lowest BCUT2D eigenvalue weighted by atomic mass is 10.2. The molecule has 2 aromatic rings. The van der Waals surface area contributed by atoms with E-state index in [-0.39, 0.29) is 5.91 Å². The van der Waals surface area contributed by atoms with Gasteiger partial charge in [-0.05, 0) is 30.7 Å². The van der Waals surface area contributed by atoms with Crippen LogP contribution >= 0.6 is 15.9 Å². The minimum Gasteiger partial charge on any atom is -0.459 e. The van der Waals surface area contributed by atoms with E-state index >= 15 is 0 Å². The van der Waals surface area contributed by atoms with Gasteiger partial charge in [0.2, 0.25) is 0 Å². The van der Waals surface area contributed by atoms with Crippen LogP contribution in [-0.4, -0.2) is 17.9 Å². The second-order valence-corrected chi connectivity index (χ2v) is 5.14. The quantitative estimate of drug-likeness (QED) is 0.867. The highest BCUT2D eigenvalue weighted by molar-refractivity contribution is 9.10. The highest BCUT2D eigenvalue weighted by Crippen LogP contribution is 2.15. The minimum absolute atomic E-state index is 0.0968. The first kappa shape index (κ1) is 12.9. The van der Waals surface area contributed by atoms with Gasteiger partial charge in [-0.3, -0.25) is 4.79 Å². The lowest BCUT2D eigenvalue weighted by Gasteiger charge is -2.16. The van der Waals surface area contributed by atoms with E-state index in [1.54, 1.807) is 18.0 Å². The van der Waals surface area contributed by atoms with Gasteiger partial charge in [0.15, 0.2) is 5.76 Å². The van der Waals surface area contributed by atoms with Crippen molar-refractivity contribution in [3.63, 3.8) is 0 Å². The number of hydrogen-bond acceptors (Lipinski definition) is 2. The van der Waals surface area contributed by atoms with Gasteiger partial charge in [0.1, 0.15) is 0 Å². The molecule has 1 aromatic carbocycles. The SMILES string of the molecule is Cc1ccoc1C(=O)N(C)Cc1ccc(Br)cc1. The second kappa shape index (κ2) is 5.40. The molecular weight excluding hydrogens is 294 g/mol. The molecule has 3 nitrogen and oxygen atoms in total. The Bertz CT molecular complexity index is 545. The lowest BCUT2D eigenvalue weighted by Crippen LogP contribution is -2.26. The summed E-state index contributed by atoms with van der Waals surface area (Å²) in [6, 6.07) is 9.70. The van der Waals surface area contributed by atoms with Gasteiger partial charge >= 0.3 is 0 Å². The van der Waals surface area contributed by atoms with Crippen LogP contribution in [0, 0.1) is 6.92 Å². The number of halogens is 1. The van der Waals surface area contributed by atoms with Crippen LogP contribution in [0.3, 0.4) is 0 Å². The smallest absolute Gasteiger partial charge is 0.289 e. The second-order valence-electron chi connectivity index (χ2n) is 4.22. The molecule has 1 amide bonds. The van der Waals surface area contributed by atoms with Crippen molar-refractivity contribution in [1.29, 1.82) is 0 Å². The third kappa shape index (κ3) is 2.82. The first-order valence-corrected chi connectivity index (χ1v) is 6.41. The summed E-state index contributed by atoms with van der Waals surface area (Å²) in [4.78, 5) is 13.8. The number of hydrogen-bond donors (Lipinski definition) is 0. The van der Waals surface area contributed by atoms with Gasteiger partial charge in [-0.25, -0.2) is 0 Å². The molecule has 0 fully saturated rings. The molecular formula is C14H14BrNO2. The third-order valence-corrected chi connectivity index (χ3v) is 3.26. The van der Waals surface area contributed by atoms with Crippen LogP contribution in [0.5, 0.6) is 0 Å². The fourth-order valence-corrected chi connectivity index (χ4v) is 1.96. The predicted octanol–water partition coefficient (Wildman–Crippen LogP) is 3.62. The fourth-order valence-electron chi connectivity index (χ4n) is 1.70. The highest BCUT2D eigenvalue weighted by atomic mass is 79.9. The van der Waals surface area contributed by atoms with Crippen molar-refractivity contribution in [2.75, 3.05) is 7.05 Å². The van der Waals surface area contributed by atoms with Crippen molar-refractivity contribution in [2.45, 2.75) is 13.5 Å². The number of furan rings is 1. The zero-order valence-electron chi connectivity index (χ0n) is 10.3. The third-order valence-electron chi connectivity index (χ3n) is 2.74. The van der Waals surface area contributed by atoms with Gasteiger partial charge in [-0.2, -0.15) is 0 Å². The molecule has 4 heteroatoms. The van der Waals surface area contributed by atoms with Crippen LogP contribution in [0.15, 0.2) is 45.5 Å². The molecule has 0 saturated heterocycles. The molecule has 0 saturated carbocycles. The Morgan fingerprint density at radius 3 is 2.50 bits per heavy atom. The highest BCUT2D eigenvalue weighted by Gasteiger charge is 2.17. The first-order chi connectivity index (χ1) is 8.58. The van der Waals surface area contributed by atoms with Gasteiger partial charge in [0, 0.05) is 23.6 Å². The lowest BCUT2D eigenvalue weighted by molar-refractivity contribution is 0.0752. The van der Waals surface area contributed by atoms with Crippen LogP contribution < -0.4 is 0 Å². The van der Waals surface area contributed by atoms with E-state index in [0.29, 0.717) is 12.3 Å². The molecule has 1 heterocycles. The summed E-state index contributed by atoms with van der Waals surface area (Å²) >= 11 is 3.39. The number of carbonyl (C=O) groups excluding carboxylic acids is 1. The topological polar surface area (TPSA) is 33.5 Å². The van der Waals surface area contributed by atoms with E-state index in [1.807, 2.05) is 31.2 Å². The average Bonchev–Trinajstić information content (AvgIpc) is 2.77. The molecule has 0 unspecified atom stereocenters. The van der Waals surface area contributed by atoms with Crippen molar-refractivity contribution < 1.29 is 9.21 Å². The molecule has 2 rings (SSSR count). The monoisotopic (exact) mass is 307 g/mol. The van der Waals surface area contributed by atoms with Crippen molar-refractivity contribution in [3.8, 4) is 0 Å². The summed E-state index contributed by atoms with van der Waals surface area (Å²) in [5, 5.41) is 0. The van der Waals surface area contributed by atoms with Gasteiger partial charge in [0.05, 0.1) is 6.26 Å². The van der Waals surface area contributed by atoms with Crippen molar-refractivity contribution in [1.82, 2.24) is 4.90 Å². The van der Waals surface area contributed by atoms with Gasteiger partial charge in [-0.1, -0.05) is 28.1 Å². The Hall–Kier alpha value is -1.55. The summed E-state index contributed by atoms with van der Waals surface area (Å²) in [6.45, 7) is 2.43. The number of aryl methyl sites for hydroxylation is 1. The molecule has 0 bridgehead atoms. The average molecular weight is 308 g/mol. The zero-order chi connectivity index (χ0) is 13.1. The Balaban J connectivity index is 2.08. The zero-order valence-corrected chi connectivity index (χ0v) is 11.9. The number of carbonyl (C=O) groups is 1. The number of benzene rings is 1. The maximum absolute atomic E-state index is 12.1. The maximum Gasteiger partial charge on any atom is 0.289 e. The predicted molar refractivity (Wildman–Crippen MR) is 73.4 cm³/mol. The van der Waals surface area contributed by atoms with E-state index in [4.69, 9.17) is 4.42 Å². The largest absolute Gasteiger partial charge is 0.459 e. The Morgan fingerprint density at radius 2 is 1.94 bits per heavy atom. The van der Waals surface area contributed by atoms with Crippen molar-refractivity contribution in [2.24, 2.45) is 0 Å².